The molecule has 0 unspecified atom stereocenters. The van der Waals surface area contributed by atoms with Crippen LogP contribution in [-0.2, 0) is 7.05 Å². The van der Waals surface area contributed by atoms with E-state index in [0.717, 1.165) is 24.1 Å². The van der Waals surface area contributed by atoms with Gasteiger partial charge in [0.1, 0.15) is 5.69 Å². The molecule has 2 rings (SSSR count). The molecule has 1 aromatic carbocycles. The molecule has 0 atom stereocenters. The van der Waals surface area contributed by atoms with Crippen LogP contribution in [0.4, 0.5) is 0 Å². The van der Waals surface area contributed by atoms with E-state index in [1.54, 1.807) is 17.8 Å². The lowest BCUT2D eigenvalue weighted by Crippen LogP contribution is -2.04. The molecule has 24 heavy (non-hydrogen) atoms. The van der Waals surface area contributed by atoms with Crippen molar-refractivity contribution in [2.75, 3.05) is 0 Å². The van der Waals surface area contributed by atoms with E-state index in [0.29, 0.717) is 5.69 Å². The van der Waals surface area contributed by atoms with E-state index in [1.165, 1.54) is 18.4 Å². The molecule has 1 heterocycles. The number of benzene rings is 1. The lowest BCUT2D eigenvalue weighted by Gasteiger charge is -2.03. The van der Waals surface area contributed by atoms with Crippen molar-refractivity contribution in [3.05, 3.63) is 71.1 Å². The standard InChI is InChI=1S/C21H26N2O/c1-4-5-7-10-19(16-18-11-8-6-9-12-18)13-14-21(24)20-15-17(2)22-23(20)3/h6,8-9,11-16H,4-5,7,10H2,1-3H3/b14-13+,19-16-. The Labute approximate surface area is 144 Å². The fourth-order valence-corrected chi connectivity index (χ4v) is 2.66. The highest BCUT2D eigenvalue weighted by atomic mass is 16.1. The summed E-state index contributed by atoms with van der Waals surface area (Å²) in [5, 5.41) is 4.23. The van der Waals surface area contributed by atoms with Gasteiger partial charge >= 0.3 is 0 Å². The van der Waals surface area contributed by atoms with Crippen LogP contribution in [0.1, 0.15) is 54.4 Å². The molecule has 0 amide bonds. The van der Waals surface area contributed by atoms with Gasteiger partial charge in [0, 0.05) is 7.05 Å². The molecule has 0 saturated carbocycles. The van der Waals surface area contributed by atoms with Crippen LogP contribution >= 0.6 is 0 Å². The molecule has 0 saturated heterocycles. The normalized spacial score (nSPS) is 12.0. The second-order valence-electron chi connectivity index (χ2n) is 6.08. The third-order valence-corrected chi connectivity index (χ3v) is 3.92. The zero-order chi connectivity index (χ0) is 17.4. The van der Waals surface area contributed by atoms with Gasteiger partial charge in [-0.05, 0) is 43.0 Å². The topological polar surface area (TPSA) is 34.9 Å². The minimum Gasteiger partial charge on any atom is -0.288 e. The zero-order valence-electron chi connectivity index (χ0n) is 14.8. The lowest BCUT2D eigenvalue weighted by atomic mass is 10.0. The van der Waals surface area contributed by atoms with Gasteiger partial charge in [0.05, 0.1) is 5.69 Å². The van der Waals surface area contributed by atoms with Crippen LogP contribution in [0.15, 0.2) is 54.1 Å². The molecule has 2 aromatic rings. The van der Waals surface area contributed by atoms with Gasteiger partial charge in [0.25, 0.3) is 0 Å². The van der Waals surface area contributed by atoms with E-state index >= 15 is 0 Å². The number of ketones is 1. The first-order valence-electron chi connectivity index (χ1n) is 8.59. The maximum Gasteiger partial charge on any atom is 0.203 e. The smallest absolute Gasteiger partial charge is 0.203 e. The molecule has 0 aliphatic heterocycles. The van der Waals surface area contributed by atoms with Gasteiger partial charge in [-0.15, -0.1) is 0 Å². The number of carbonyl (C=O) groups excluding carboxylic acids is 1. The van der Waals surface area contributed by atoms with Gasteiger partial charge in [-0.25, -0.2) is 0 Å². The number of hydrogen-bond acceptors (Lipinski definition) is 2. The number of hydrogen-bond donors (Lipinski definition) is 0. The van der Waals surface area contributed by atoms with Crippen LogP contribution in [0.3, 0.4) is 0 Å². The highest BCUT2D eigenvalue weighted by Crippen LogP contribution is 2.16. The molecule has 3 nitrogen and oxygen atoms in total. The Morgan fingerprint density at radius 2 is 1.92 bits per heavy atom. The fourth-order valence-electron chi connectivity index (χ4n) is 2.66. The number of aryl methyl sites for hydroxylation is 2. The Morgan fingerprint density at radius 1 is 1.17 bits per heavy atom. The Hall–Kier alpha value is -2.42. The number of carbonyl (C=O) groups is 1. The van der Waals surface area contributed by atoms with Crippen molar-refractivity contribution in [1.82, 2.24) is 9.78 Å². The third kappa shape index (κ3) is 5.34. The van der Waals surface area contributed by atoms with Crippen molar-refractivity contribution in [1.29, 1.82) is 0 Å². The summed E-state index contributed by atoms with van der Waals surface area (Å²) >= 11 is 0. The molecular formula is C21H26N2O. The molecule has 0 radical (unpaired) electrons. The van der Waals surface area contributed by atoms with Gasteiger partial charge in [-0.3, -0.25) is 9.48 Å². The van der Waals surface area contributed by atoms with Crippen LogP contribution < -0.4 is 0 Å². The van der Waals surface area contributed by atoms with Crippen molar-refractivity contribution >= 4 is 11.9 Å². The molecule has 0 aliphatic carbocycles. The molecular weight excluding hydrogens is 296 g/mol. The van der Waals surface area contributed by atoms with E-state index < -0.39 is 0 Å². The first kappa shape index (κ1) is 17.9. The van der Waals surface area contributed by atoms with Crippen molar-refractivity contribution in [2.45, 2.75) is 39.5 Å². The van der Waals surface area contributed by atoms with Crippen molar-refractivity contribution in [3.8, 4) is 0 Å². The quantitative estimate of drug-likeness (QED) is 0.292. The molecule has 0 aliphatic rings. The maximum absolute atomic E-state index is 12.4. The number of nitrogens with zero attached hydrogens (tertiary/aromatic N) is 2. The number of aromatic nitrogens is 2. The van der Waals surface area contributed by atoms with Crippen molar-refractivity contribution < 1.29 is 4.79 Å². The summed E-state index contributed by atoms with van der Waals surface area (Å²) in [6.45, 7) is 4.09. The molecule has 0 fully saturated rings. The van der Waals surface area contributed by atoms with Gasteiger partial charge in [-0.1, -0.05) is 62.2 Å². The minimum atomic E-state index is -0.00690. The summed E-state index contributed by atoms with van der Waals surface area (Å²) < 4.78 is 1.64. The number of unbranched alkanes of at least 4 members (excludes halogenated alkanes) is 2. The predicted octanol–water partition coefficient (Wildman–Crippen LogP) is 5.13. The van der Waals surface area contributed by atoms with Crippen molar-refractivity contribution in [3.63, 3.8) is 0 Å². The van der Waals surface area contributed by atoms with E-state index in [1.807, 2.05) is 37.3 Å². The second kappa shape index (κ2) is 9.02. The minimum absolute atomic E-state index is 0.00690. The summed E-state index contributed by atoms with van der Waals surface area (Å²) in [7, 11) is 1.80. The monoisotopic (exact) mass is 322 g/mol. The average molecular weight is 322 g/mol. The van der Waals surface area contributed by atoms with E-state index in [-0.39, 0.29) is 5.78 Å². The molecule has 126 valence electrons. The van der Waals surface area contributed by atoms with Crippen LogP contribution in [-0.4, -0.2) is 15.6 Å². The maximum atomic E-state index is 12.4. The average Bonchev–Trinajstić information content (AvgIpc) is 2.92. The summed E-state index contributed by atoms with van der Waals surface area (Å²) in [6.07, 6.45) is 10.3. The SMILES string of the molecule is CCCCCC(=C/c1ccccc1)/C=C/C(=O)c1cc(C)nn1C. The summed E-state index contributed by atoms with van der Waals surface area (Å²) in [5.41, 5.74) is 3.83. The summed E-state index contributed by atoms with van der Waals surface area (Å²) in [4.78, 5) is 12.4. The summed E-state index contributed by atoms with van der Waals surface area (Å²) in [6, 6.07) is 12.1. The Kier molecular flexibility index (Phi) is 6.74. The van der Waals surface area contributed by atoms with Crippen LogP contribution in [0.25, 0.3) is 6.08 Å². The Bertz CT molecular complexity index is 724. The van der Waals surface area contributed by atoms with Gasteiger partial charge < -0.3 is 0 Å². The molecule has 1 aromatic heterocycles. The highest BCUT2D eigenvalue weighted by molar-refractivity contribution is 6.03. The molecule has 0 bridgehead atoms. The lowest BCUT2D eigenvalue weighted by molar-refractivity contribution is 0.103. The highest BCUT2D eigenvalue weighted by Gasteiger charge is 2.08. The predicted molar refractivity (Wildman–Crippen MR) is 100.0 cm³/mol. The third-order valence-electron chi connectivity index (χ3n) is 3.92. The van der Waals surface area contributed by atoms with Gasteiger partial charge in [0.15, 0.2) is 0 Å². The Morgan fingerprint density at radius 3 is 2.54 bits per heavy atom. The van der Waals surface area contributed by atoms with E-state index in [2.05, 4.69) is 30.2 Å². The van der Waals surface area contributed by atoms with Crippen LogP contribution in [0.2, 0.25) is 0 Å². The van der Waals surface area contributed by atoms with Crippen LogP contribution in [0.5, 0.6) is 0 Å². The second-order valence-corrected chi connectivity index (χ2v) is 6.08. The van der Waals surface area contributed by atoms with Gasteiger partial charge in [-0.2, -0.15) is 5.10 Å². The van der Waals surface area contributed by atoms with Gasteiger partial charge in [0.2, 0.25) is 5.78 Å². The number of rotatable bonds is 8. The molecule has 0 spiro atoms. The fraction of sp³-hybridized carbons (Fsp3) is 0.333. The van der Waals surface area contributed by atoms with E-state index in [9.17, 15) is 4.79 Å². The summed E-state index contributed by atoms with van der Waals surface area (Å²) in [5.74, 6) is -0.00690. The first-order chi connectivity index (χ1) is 11.6. The van der Waals surface area contributed by atoms with Crippen LogP contribution in [0, 0.1) is 6.92 Å². The number of allylic oxidation sites excluding steroid dienone is 3. The molecule has 3 heteroatoms. The molecule has 0 N–H and O–H groups in total. The largest absolute Gasteiger partial charge is 0.288 e. The Balaban J connectivity index is 2.16. The zero-order valence-corrected chi connectivity index (χ0v) is 14.8. The van der Waals surface area contributed by atoms with Crippen molar-refractivity contribution in [2.24, 2.45) is 7.05 Å². The van der Waals surface area contributed by atoms with E-state index in [4.69, 9.17) is 0 Å². The first-order valence-corrected chi connectivity index (χ1v) is 8.59.